The van der Waals surface area contributed by atoms with Crippen molar-refractivity contribution < 1.29 is 0 Å². The summed E-state index contributed by atoms with van der Waals surface area (Å²) in [5, 5.41) is 1.48. The summed E-state index contributed by atoms with van der Waals surface area (Å²) in [6.45, 7) is 0. The van der Waals surface area contributed by atoms with Gasteiger partial charge in [-0.05, 0) is 29.8 Å². The van der Waals surface area contributed by atoms with Crippen molar-refractivity contribution in [3.05, 3.63) is 64.1 Å². The van der Waals surface area contributed by atoms with E-state index in [0.29, 0.717) is 0 Å². The standard InChI is InChI=1S/C14H14Cl2N2S/c15-11-7-5-10(6-8-11)13(18-17)9-19-14-4-2-1-3-12(14)16/h1-8,13,18H,9,17H2. The number of halogens is 2. The van der Waals surface area contributed by atoms with Gasteiger partial charge in [-0.1, -0.05) is 47.5 Å². The first kappa shape index (κ1) is 14.7. The third kappa shape index (κ3) is 4.13. The van der Waals surface area contributed by atoms with Crippen molar-refractivity contribution >= 4 is 35.0 Å². The number of benzene rings is 2. The number of nitrogens with two attached hydrogens (primary N) is 1. The van der Waals surface area contributed by atoms with E-state index < -0.39 is 0 Å². The molecule has 19 heavy (non-hydrogen) atoms. The summed E-state index contributed by atoms with van der Waals surface area (Å²) in [6.07, 6.45) is 0. The fourth-order valence-corrected chi connectivity index (χ4v) is 3.11. The maximum absolute atomic E-state index is 6.13. The van der Waals surface area contributed by atoms with Crippen LogP contribution in [-0.2, 0) is 0 Å². The van der Waals surface area contributed by atoms with Gasteiger partial charge in [-0.15, -0.1) is 11.8 Å². The van der Waals surface area contributed by atoms with Crippen LogP contribution in [0, 0.1) is 0 Å². The molecule has 0 bridgehead atoms. The second-order valence-corrected chi connectivity index (χ2v) is 5.92. The number of hydrazine groups is 1. The molecule has 0 aliphatic carbocycles. The predicted octanol–water partition coefficient (Wildman–Crippen LogP) is 4.29. The highest BCUT2D eigenvalue weighted by molar-refractivity contribution is 7.99. The van der Waals surface area contributed by atoms with E-state index in [2.05, 4.69) is 5.43 Å². The molecule has 0 heterocycles. The summed E-state index contributed by atoms with van der Waals surface area (Å²) in [5.41, 5.74) is 3.92. The van der Waals surface area contributed by atoms with Gasteiger partial charge in [0.15, 0.2) is 0 Å². The van der Waals surface area contributed by atoms with Gasteiger partial charge < -0.3 is 0 Å². The lowest BCUT2D eigenvalue weighted by molar-refractivity contribution is 0.611. The van der Waals surface area contributed by atoms with Crippen molar-refractivity contribution in [2.75, 3.05) is 5.75 Å². The van der Waals surface area contributed by atoms with E-state index in [4.69, 9.17) is 29.0 Å². The maximum Gasteiger partial charge on any atom is 0.0553 e. The monoisotopic (exact) mass is 312 g/mol. The quantitative estimate of drug-likeness (QED) is 0.491. The first-order valence-electron chi connectivity index (χ1n) is 5.79. The fraction of sp³-hybridized carbons (Fsp3) is 0.143. The van der Waals surface area contributed by atoms with Crippen LogP contribution in [0.2, 0.25) is 10.0 Å². The molecule has 0 spiro atoms. The molecule has 1 atom stereocenters. The van der Waals surface area contributed by atoms with Crippen molar-refractivity contribution in [3.8, 4) is 0 Å². The fourth-order valence-electron chi connectivity index (χ4n) is 1.67. The van der Waals surface area contributed by atoms with Crippen molar-refractivity contribution in [1.29, 1.82) is 0 Å². The second kappa shape index (κ2) is 7.17. The van der Waals surface area contributed by atoms with Gasteiger partial charge in [-0.2, -0.15) is 0 Å². The molecular formula is C14H14Cl2N2S. The molecule has 100 valence electrons. The molecule has 2 aromatic carbocycles. The van der Waals surface area contributed by atoms with E-state index in [1.165, 1.54) is 0 Å². The molecule has 5 heteroatoms. The zero-order valence-corrected chi connectivity index (χ0v) is 12.5. The van der Waals surface area contributed by atoms with E-state index >= 15 is 0 Å². The van der Waals surface area contributed by atoms with Crippen LogP contribution < -0.4 is 11.3 Å². The lowest BCUT2D eigenvalue weighted by Gasteiger charge is -2.16. The lowest BCUT2D eigenvalue weighted by atomic mass is 10.1. The summed E-state index contributed by atoms with van der Waals surface area (Å²) >= 11 is 13.7. The first-order chi connectivity index (χ1) is 9.20. The Balaban J connectivity index is 2.04. The van der Waals surface area contributed by atoms with Crippen LogP contribution in [0.1, 0.15) is 11.6 Å². The Morgan fingerprint density at radius 1 is 1.05 bits per heavy atom. The molecule has 0 fully saturated rings. The van der Waals surface area contributed by atoms with E-state index in [1.807, 2.05) is 48.5 Å². The molecule has 0 saturated heterocycles. The zero-order chi connectivity index (χ0) is 13.7. The third-order valence-corrected chi connectivity index (χ3v) is 4.58. The van der Waals surface area contributed by atoms with Gasteiger partial charge in [-0.3, -0.25) is 11.3 Å². The Morgan fingerprint density at radius 2 is 1.74 bits per heavy atom. The van der Waals surface area contributed by atoms with Crippen molar-refractivity contribution in [1.82, 2.24) is 5.43 Å². The summed E-state index contributed by atoms with van der Waals surface area (Å²) in [5.74, 6) is 6.41. The van der Waals surface area contributed by atoms with Crippen LogP contribution >= 0.6 is 35.0 Å². The number of hydrogen-bond acceptors (Lipinski definition) is 3. The molecule has 0 amide bonds. The van der Waals surface area contributed by atoms with E-state index in [1.54, 1.807) is 11.8 Å². The van der Waals surface area contributed by atoms with Gasteiger partial charge in [0.05, 0.1) is 11.1 Å². The molecule has 2 rings (SSSR count). The minimum atomic E-state index is 0.0542. The zero-order valence-electron chi connectivity index (χ0n) is 10.1. The highest BCUT2D eigenvalue weighted by atomic mass is 35.5. The van der Waals surface area contributed by atoms with Crippen LogP contribution in [0.25, 0.3) is 0 Å². The highest BCUT2D eigenvalue weighted by Gasteiger charge is 2.11. The summed E-state index contributed by atoms with van der Waals surface area (Å²) < 4.78 is 0. The van der Waals surface area contributed by atoms with Gasteiger partial charge in [0.25, 0.3) is 0 Å². The number of hydrogen-bond donors (Lipinski definition) is 2. The van der Waals surface area contributed by atoms with Gasteiger partial charge in [-0.25, -0.2) is 0 Å². The number of rotatable bonds is 5. The Kier molecular flexibility index (Phi) is 5.55. The molecule has 3 N–H and O–H groups in total. The molecular weight excluding hydrogens is 299 g/mol. The molecule has 0 radical (unpaired) electrons. The molecule has 0 saturated carbocycles. The largest absolute Gasteiger partial charge is 0.271 e. The van der Waals surface area contributed by atoms with Gasteiger partial charge in [0.2, 0.25) is 0 Å². The normalized spacial score (nSPS) is 12.4. The molecule has 2 aromatic rings. The lowest BCUT2D eigenvalue weighted by Crippen LogP contribution is -2.29. The average Bonchev–Trinajstić information content (AvgIpc) is 2.43. The van der Waals surface area contributed by atoms with E-state index in [-0.39, 0.29) is 6.04 Å². The summed E-state index contributed by atoms with van der Waals surface area (Å²) in [7, 11) is 0. The highest BCUT2D eigenvalue weighted by Crippen LogP contribution is 2.30. The Bertz CT molecular complexity index is 531. The minimum Gasteiger partial charge on any atom is -0.271 e. The van der Waals surface area contributed by atoms with Crippen LogP contribution in [0.15, 0.2) is 53.4 Å². The maximum atomic E-state index is 6.13. The molecule has 2 nitrogen and oxygen atoms in total. The molecule has 1 unspecified atom stereocenters. The Morgan fingerprint density at radius 3 is 2.37 bits per heavy atom. The van der Waals surface area contributed by atoms with Crippen LogP contribution in [0.4, 0.5) is 0 Å². The van der Waals surface area contributed by atoms with Gasteiger partial charge in [0, 0.05) is 15.7 Å². The van der Waals surface area contributed by atoms with Crippen molar-refractivity contribution in [2.24, 2.45) is 5.84 Å². The summed E-state index contributed by atoms with van der Waals surface area (Å²) in [6, 6.07) is 15.5. The van der Waals surface area contributed by atoms with Crippen molar-refractivity contribution in [2.45, 2.75) is 10.9 Å². The van der Waals surface area contributed by atoms with Crippen LogP contribution in [0.3, 0.4) is 0 Å². The Labute approximate surface area is 127 Å². The van der Waals surface area contributed by atoms with Crippen LogP contribution in [0.5, 0.6) is 0 Å². The SMILES string of the molecule is NNC(CSc1ccccc1Cl)c1ccc(Cl)cc1. The molecule has 0 aromatic heterocycles. The number of nitrogens with one attached hydrogen (secondary N) is 1. The van der Waals surface area contributed by atoms with E-state index in [0.717, 1.165) is 26.3 Å². The third-order valence-electron chi connectivity index (χ3n) is 2.72. The van der Waals surface area contributed by atoms with Crippen molar-refractivity contribution in [3.63, 3.8) is 0 Å². The smallest absolute Gasteiger partial charge is 0.0553 e. The molecule has 0 aliphatic heterocycles. The average molecular weight is 313 g/mol. The van der Waals surface area contributed by atoms with Crippen LogP contribution in [-0.4, -0.2) is 5.75 Å². The van der Waals surface area contributed by atoms with E-state index in [9.17, 15) is 0 Å². The van der Waals surface area contributed by atoms with Gasteiger partial charge in [0.1, 0.15) is 0 Å². The topological polar surface area (TPSA) is 38.0 Å². The second-order valence-electron chi connectivity index (χ2n) is 4.01. The number of thioether (sulfide) groups is 1. The Hall–Kier alpha value is -0.710. The van der Waals surface area contributed by atoms with Gasteiger partial charge >= 0.3 is 0 Å². The first-order valence-corrected chi connectivity index (χ1v) is 7.54. The molecule has 0 aliphatic rings. The predicted molar refractivity (Wildman–Crippen MR) is 83.7 cm³/mol. The summed E-state index contributed by atoms with van der Waals surface area (Å²) in [4.78, 5) is 1.05. The minimum absolute atomic E-state index is 0.0542.